The van der Waals surface area contributed by atoms with E-state index in [0.717, 1.165) is 4.31 Å². The Balaban J connectivity index is 1.72. The molecule has 0 aromatic heterocycles. The maximum Gasteiger partial charge on any atom is 0.255 e. The fourth-order valence-electron chi connectivity index (χ4n) is 3.49. The molecule has 144 valence electrons. The van der Waals surface area contributed by atoms with Crippen molar-refractivity contribution in [2.24, 2.45) is 0 Å². The van der Waals surface area contributed by atoms with Gasteiger partial charge in [0.05, 0.1) is 4.90 Å². The van der Waals surface area contributed by atoms with Gasteiger partial charge in [0.15, 0.2) is 0 Å². The van der Waals surface area contributed by atoms with Crippen LogP contribution in [0.25, 0.3) is 0 Å². The zero-order chi connectivity index (χ0) is 19.4. The van der Waals surface area contributed by atoms with Crippen LogP contribution < -0.4 is 5.32 Å². The molecule has 1 aliphatic rings. The molecule has 27 heavy (non-hydrogen) atoms. The van der Waals surface area contributed by atoms with Gasteiger partial charge in [0.25, 0.3) is 5.91 Å². The van der Waals surface area contributed by atoms with Crippen LogP contribution in [0.2, 0.25) is 0 Å². The first-order chi connectivity index (χ1) is 12.9. The molecule has 2 aromatic rings. The Bertz CT molecular complexity index is 899. The van der Waals surface area contributed by atoms with Crippen molar-refractivity contribution in [2.75, 3.05) is 19.4 Å². The number of nitrogens with one attached hydrogen (secondary N) is 1. The predicted octanol–water partition coefficient (Wildman–Crippen LogP) is 4.24. The monoisotopic (exact) mass is 386 g/mol. The Morgan fingerprint density at radius 2 is 1.67 bits per heavy atom. The van der Waals surface area contributed by atoms with Crippen LogP contribution in [-0.4, -0.2) is 32.7 Å². The van der Waals surface area contributed by atoms with Crippen LogP contribution in [0.4, 0.5) is 5.69 Å². The van der Waals surface area contributed by atoms with E-state index in [-0.39, 0.29) is 10.8 Å². The normalized spacial score (nSPS) is 15.7. The summed E-state index contributed by atoms with van der Waals surface area (Å²) >= 11 is 0. The zero-order valence-corrected chi connectivity index (χ0v) is 16.6. The Morgan fingerprint density at radius 3 is 2.30 bits per heavy atom. The fourth-order valence-corrected chi connectivity index (χ4v) is 4.44. The van der Waals surface area contributed by atoms with Gasteiger partial charge in [-0.1, -0.05) is 37.5 Å². The summed E-state index contributed by atoms with van der Waals surface area (Å²) in [5, 5.41) is 2.79. The van der Waals surface area contributed by atoms with Crippen molar-refractivity contribution >= 4 is 21.6 Å². The molecule has 0 aliphatic heterocycles. The van der Waals surface area contributed by atoms with Gasteiger partial charge < -0.3 is 5.32 Å². The number of anilines is 1. The van der Waals surface area contributed by atoms with Crippen LogP contribution >= 0.6 is 0 Å². The largest absolute Gasteiger partial charge is 0.322 e. The lowest BCUT2D eigenvalue weighted by Gasteiger charge is -2.22. The van der Waals surface area contributed by atoms with Crippen molar-refractivity contribution in [3.8, 4) is 0 Å². The lowest BCUT2D eigenvalue weighted by molar-refractivity contribution is 0.102. The van der Waals surface area contributed by atoms with Gasteiger partial charge in [0, 0.05) is 25.3 Å². The number of amides is 1. The maximum atomic E-state index is 12.5. The Kier molecular flexibility index (Phi) is 5.97. The zero-order valence-electron chi connectivity index (χ0n) is 15.8. The molecule has 0 spiro atoms. The molecule has 3 rings (SSSR count). The highest BCUT2D eigenvalue weighted by atomic mass is 32.2. The Hall–Kier alpha value is -2.18. The molecule has 1 saturated carbocycles. The molecule has 2 aromatic carbocycles. The molecule has 1 N–H and O–H groups in total. The van der Waals surface area contributed by atoms with Gasteiger partial charge in [0.1, 0.15) is 0 Å². The summed E-state index contributed by atoms with van der Waals surface area (Å²) in [6.45, 7) is 0. The first-order valence-corrected chi connectivity index (χ1v) is 10.8. The smallest absolute Gasteiger partial charge is 0.255 e. The van der Waals surface area contributed by atoms with Crippen molar-refractivity contribution in [1.29, 1.82) is 0 Å². The molecule has 0 atom stereocenters. The molecule has 0 heterocycles. The van der Waals surface area contributed by atoms with E-state index in [9.17, 15) is 13.2 Å². The lowest BCUT2D eigenvalue weighted by atomic mass is 9.84. The number of hydrogen-bond acceptors (Lipinski definition) is 3. The van der Waals surface area contributed by atoms with Gasteiger partial charge in [0.2, 0.25) is 10.0 Å². The number of benzene rings is 2. The van der Waals surface area contributed by atoms with Crippen LogP contribution in [-0.2, 0) is 10.0 Å². The summed E-state index contributed by atoms with van der Waals surface area (Å²) < 4.78 is 25.6. The van der Waals surface area contributed by atoms with Gasteiger partial charge in [-0.15, -0.1) is 0 Å². The third-order valence-electron chi connectivity index (χ3n) is 5.12. The fraction of sp³-hybridized carbons (Fsp3) is 0.381. The molecule has 1 amide bonds. The van der Waals surface area contributed by atoms with Crippen LogP contribution in [0, 0.1) is 0 Å². The van der Waals surface area contributed by atoms with Gasteiger partial charge >= 0.3 is 0 Å². The number of carbonyl (C=O) groups is 1. The van der Waals surface area contributed by atoms with Crippen LogP contribution in [0.5, 0.6) is 0 Å². The lowest BCUT2D eigenvalue weighted by Crippen LogP contribution is -2.22. The predicted molar refractivity (Wildman–Crippen MR) is 108 cm³/mol. The minimum atomic E-state index is -3.54. The van der Waals surface area contributed by atoms with Gasteiger partial charge in [-0.3, -0.25) is 4.79 Å². The van der Waals surface area contributed by atoms with E-state index in [1.165, 1.54) is 63.9 Å². The van der Waals surface area contributed by atoms with Crippen LogP contribution in [0.3, 0.4) is 0 Å². The van der Waals surface area contributed by atoms with E-state index < -0.39 is 10.0 Å². The molecule has 0 unspecified atom stereocenters. The highest BCUT2D eigenvalue weighted by Crippen LogP contribution is 2.32. The molecule has 6 heteroatoms. The maximum absolute atomic E-state index is 12.5. The summed E-state index contributed by atoms with van der Waals surface area (Å²) in [6, 6.07) is 14.1. The quantitative estimate of drug-likeness (QED) is 0.836. The molecule has 1 aliphatic carbocycles. The first-order valence-electron chi connectivity index (χ1n) is 9.32. The highest BCUT2D eigenvalue weighted by Gasteiger charge is 2.18. The third kappa shape index (κ3) is 4.57. The summed E-state index contributed by atoms with van der Waals surface area (Å²) in [6.07, 6.45) is 6.31. The van der Waals surface area contributed by atoms with E-state index in [0.29, 0.717) is 17.2 Å². The summed E-state index contributed by atoms with van der Waals surface area (Å²) in [5.41, 5.74) is 2.32. The first kappa shape index (κ1) is 19.6. The molecule has 1 fully saturated rings. The topological polar surface area (TPSA) is 66.5 Å². The third-order valence-corrected chi connectivity index (χ3v) is 6.93. The summed E-state index contributed by atoms with van der Waals surface area (Å²) in [7, 11) is -0.575. The molecular formula is C21H26N2O3S. The van der Waals surface area contributed by atoms with E-state index in [1.54, 1.807) is 12.1 Å². The Labute approximate surface area is 161 Å². The van der Waals surface area contributed by atoms with Crippen molar-refractivity contribution in [3.05, 3.63) is 59.7 Å². The number of sulfonamides is 1. The highest BCUT2D eigenvalue weighted by molar-refractivity contribution is 7.89. The second-order valence-corrected chi connectivity index (χ2v) is 9.38. The van der Waals surface area contributed by atoms with Gasteiger partial charge in [-0.2, -0.15) is 0 Å². The van der Waals surface area contributed by atoms with Crippen LogP contribution in [0.15, 0.2) is 53.4 Å². The van der Waals surface area contributed by atoms with Gasteiger partial charge in [-0.25, -0.2) is 12.7 Å². The molecular weight excluding hydrogens is 360 g/mol. The van der Waals surface area contributed by atoms with Gasteiger partial charge in [-0.05, 0) is 54.7 Å². The minimum absolute atomic E-state index is 0.151. The molecule has 5 nitrogen and oxygen atoms in total. The average molecular weight is 387 g/mol. The summed E-state index contributed by atoms with van der Waals surface area (Å²) in [5.74, 6) is 0.355. The van der Waals surface area contributed by atoms with E-state index in [1.807, 2.05) is 24.3 Å². The average Bonchev–Trinajstić information content (AvgIpc) is 2.69. The van der Waals surface area contributed by atoms with Crippen LogP contribution in [0.1, 0.15) is 53.9 Å². The van der Waals surface area contributed by atoms with Crippen molar-refractivity contribution in [2.45, 2.75) is 42.9 Å². The van der Waals surface area contributed by atoms with Crippen molar-refractivity contribution in [1.82, 2.24) is 4.31 Å². The van der Waals surface area contributed by atoms with E-state index >= 15 is 0 Å². The van der Waals surface area contributed by atoms with E-state index in [4.69, 9.17) is 0 Å². The van der Waals surface area contributed by atoms with Crippen molar-refractivity contribution < 1.29 is 13.2 Å². The number of nitrogens with zero attached hydrogens (tertiary/aromatic N) is 1. The standard InChI is InChI=1S/C21H26N2O3S/c1-23(2)27(25,26)20-10-6-9-19(15-20)22-21(24)18-13-11-17(12-14-18)16-7-4-3-5-8-16/h6,9-16H,3-5,7-8H2,1-2H3,(H,22,24). The molecule has 0 bridgehead atoms. The minimum Gasteiger partial charge on any atom is -0.322 e. The van der Waals surface area contributed by atoms with E-state index in [2.05, 4.69) is 5.32 Å². The number of hydrogen-bond donors (Lipinski definition) is 1. The molecule has 0 radical (unpaired) electrons. The SMILES string of the molecule is CN(C)S(=O)(=O)c1cccc(NC(=O)c2ccc(C3CCCCC3)cc2)c1. The Morgan fingerprint density at radius 1 is 1.00 bits per heavy atom. The second kappa shape index (κ2) is 8.23. The second-order valence-electron chi connectivity index (χ2n) is 7.23. The molecule has 0 saturated heterocycles. The van der Waals surface area contributed by atoms with Crippen molar-refractivity contribution in [3.63, 3.8) is 0 Å². The number of rotatable bonds is 5. The summed E-state index contributed by atoms with van der Waals surface area (Å²) in [4.78, 5) is 12.7. The number of carbonyl (C=O) groups excluding carboxylic acids is 1.